The van der Waals surface area contributed by atoms with Crippen molar-refractivity contribution in [2.45, 2.75) is 59.2 Å². The van der Waals surface area contributed by atoms with Gasteiger partial charge in [-0.3, -0.25) is 9.69 Å². The lowest BCUT2D eigenvalue weighted by Gasteiger charge is -2.44. The molecule has 170 valence electrons. The second kappa shape index (κ2) is 8.62. The molecule has 8 nitrogen and oxygen atoms in total. The Labute approximate surface area is 184 Å². The molecule has 0 spiro atoms. The van der Waals surface area contributed by atoms with Gasteiger partial charge in [0, 0.05) is 27.8 Å². The van der Waals surface area contributed by atoms with Crippen molar-refractivity contribution >= 4 is 36.8 Å². The fourth-order valence-corrected chi connectivity index (χ4v) is 4.70. The van der Waals surface area contributed by atoms with Gasteiger partial charge in [0.25, 0.3) is 5.91 Å². The van der Waals surface area contributed by atoms with Gasteiger partial charge in [0.05, 0.1) is 17.5 Å². The average Bonchev–Trinajstić information content (AvgIpc) is 3.06. The standard InChI is InChI=1S/C22H34N4O4Si/c1-22(2,3)19-20(27)25(10-11-26(19)21(28)29)17-9-7-8-16-18(17)23-14-24(16)15-30-12-13-31(4,5)6/h7-9,14,19H,10-13,15H2,1-6H3,(H,28,29). The van der Waals surface area contributed by atoms with Gasteiger partial charge in [-0.2, -0.15) is 0 Å². The van der Waals surface area contributed by atoms with Crippen LogP contribution in [0.1, 0.15) is 20.8 Å². The highest BCUT2D eigenvalue weighted by Crippen LogP contribution is 2.33. The third-order valence-corrected chi connectivity index (χ3v) is 7.29. The number of amides is 2. The summed E-state index contributed by atoms with van der Waals surface area (Å²) in [5.41, 5.74) is 1.81. The molecule has 0 saturated carbocycles. The van der Waals surface area contributed by atoms with Crippen molar-refractivity contribution in [3.63, 3.8) is 0 Å². The monoisotopic (exact) mass is 446 g/mol. The first kappa shape index (κ1) is 23.3. The highest BCUT2D eigenvalue weighted by atomic mass is 28.3. The highest BCUT2D eigenvalue weighted by Gasteiger charge is 2.45. The molecule has 3 rings (SSSR count). The van der Waals surface area contributed by atoms with Crippen molar-refractivity contribution < 1.29 is 19.4 Å². The van der Waals surface area contributed by atoms with E-state index in [-0.39, 0.29) is 12.5 Å². The Morgan fingerprint density at radius 2 is 1.97 bits per heavy atom. The van der Waals surface area contributed by atoms with E-state index < -0.39 is 25.6 Å². The number of hydrogen-bond donors (Lipinski definition) is 1. The minimum Gasteiger partial charge on any atom is -0.465 e. The number of para-hydroxylation sites is 1. The summed E-state index contributed by atoms with van der Waals surface area (Å²) in [7, 11) is -1.15. The van der Waals surface area contributed by atoms with Crippen LogP contribution in [0.3, 0.4) is 0 Å². The average molecular weight is 447 g/mol. The van der Waals surface area contributed by atoms with E-state index in [0.717, 1.165) is 23.7 Å². The van der Waals surface area contributed by atoms with Crippen LogP contribution in [0, 0.1) is 5.41 Å². The molecule has 0 radical (unpaired) electrons. The zero-order chi connectivity index (χ0) is 23.0. The van der Waals surface area contributed by atoms with Crippen LogP contribution in [0.4, 0.5) is 10.5 Å². The van der Waals surface area contributed by atoms with Crippen LogP contribution < -0.4 is 4.90 Å². The minimum absolute atomic E-state index is 0.213. The largest absolute Gasteiger partial charge is 0.465 e. The maximum Gasteiger partial charge on any atom is 0.408 e. The predicted octanol–water partition coefficient (Wildman–Crippen LogP) is 4.09. The Hall–Kier alpha value is -2.39. The first-order valence-electron chi connectivity index (χ1n) is 10.7. The maximum atomic E-state index is 13.4. The summed E-state index contributed by atoms with van der Waals surface area (Å²) in [6.45, 7) is 14.3. The van der Waals surface area contributed by atoms with Crippen molar-refractivity contribution in [3.05, 3.63) is 24.5 Å². The Morgan fingerprint density at radius 3 is 2.58 bits per heavy atom. The van der Waals surface area contributed by atoms with E-state index in [4.69, 9.17) is 4.74 Å². The summed E-state index contributed by atoms with van der Waals surface area (Å²) in [6, 6.07) is 6.09. The molecule has 2 amide bonds. The summed E-state index contributed by atoms with van der Waals surface area (Å²) in [4.78, 5) is 32.6. The molecule has 1 aromatic heterocycles. The van der Waals surface area contributed by atoms with Crippen LogP contribution in [0.5, 0.6) is 0 Å². The maximum absolute atomic E-state index is 13.4. The van der Waals surface area contributed by atoms with Gasteiger partial charge < -0.3 is 19.3 Å². The lowest BCUT2D eigenvalue weighted by molar-refractivity contribution is -0.128. The summed E-state index contributed by atoms with van der Waals surface area (Å²) in [5.74, 6) is -0.213. The van der Waals surface area contributed by atoms with Gasteiger partial charge in [0.1, 0.15) is 18.3 Å². The third kappa shape index (κ3) is 5.09. The number of aromatic nitrogens is 2. The van der Waals surface area contributed by atoms with E-state index in [2.05, 4.69) is 24.6 Å². The predicted molar refractivity (Wildman–Crippen MR) is 124 cm³/mol. The van der Waals surface area contributed by atoms with Gasteiger partial charge in [-0.05, 0) is 23.6 Å². The normalized spacial score (nSPS) is 18.1. The number of carboxylic acid groups (broad SMARTS) is 1. The van der Waals surface area contributed by atoms with E-state index in [0.29, 0.717) is 19.0 Å². The number of carbonyl (C=O) groups is 2. The molecular formula is C22H34N4O4Si. The molecule has 1 saturated heterocycles. The number of nitrogens with zero attached hydrogens (tertiary/aromatic N) is 4. The molecule has 0 aliphatic carbocycles. The zero-order valence-electron chi connectivity index (χ0n) is 19.4. The topological polar surface area (TPSA) is 87.9 Å². The van der Waals surface area contributed by atoms with Crippen molar-refractivity contribution in [2.75, 3.05) is 24.6 Å². The molecule has 1 N–H and O–H groups in total. The Balaban J connectivity index is 1.85. The summed E-state index contributed by atoms with van der Waals surface area (Å²) in [5, 5.41) is 9.60. The molecule has 1 aliphatic rings. The number of carbonyl (C=O) groups excluding carboxylic acids is 1. The molecule has 1 aliphatic heterocycles. The summed E-state index contributed by atoms with van der Waals surface area (Å²) >= 11 is 0. The summed E-state index contributed by atoms with van der Waals surface area (Å²) < 4.78 is 7.82. The number of ether oxygens (including phenoxy) is 1. The lowest BCUT2D eigenvalue weighted by atomic mass is 9.83. The first-order valence-corrected chi connectivity index (χ1v) is 14.4. The fourth-order valence-electron chi connectivity index (χ4n) is 3.95. The fraction of sp³-hybridized carbons (Fsp3) is 0.591. The molecule has 1 fully saturated rings. The van der Waals surface area contributed by atoms with Crippen LogP contribution in [-0.4, -0.2) is 65.4 Å². The number of hydrogen-bond acceptors (Lipinski definition) is 4. The number of rotatable bonds is 6. The van der Waals surface area contributed by atoms with Crippen molar-refractivity contribution in [2.24, 2.45) is 5.41 Å². The Bertz CT molecular complexity index is 961. The van der Waals surface area contributed by atoms with Gasteiger partial charge in [0.2, 0.25) is 0 Å². The van der Waals surface area contributed by atoms with Gasteiger partial charge in [-0.25, -0.2) is 9.78 Å². The molecule has 1 unspecified atom stereocenters. The molecule has 1 atom stereocenters. The van der Waals surface area contributed by atoms with Gasteiger partial charge in [0.15, 0.2) is 0 Å². The van der Waals surface area contributed by atoms with Gasteiger partial charge in [-0.15, -0.1) is 0 Å². The van der Waals surface area contributed by atoms with E-state index in [1.54, 1.807) is 11.2 Å². The number of fused-ring (bicyclic) bond motifs is 1. The number of benzene rings is 1. The highest BCUT2D eigenvalue weighted by molar-refractivity contribution is 6.76. The van der Waals surface area contributed by atoms with Crippen LogP contribution in [0.15, 0.2) is 24.5 Å². The molecule has 2 aromatic rings. The van der Waals surface area contributed by atoms with E-state index in [9.17, 15) is 14.7 Å². The second-order valence-electron chi connectivity index (χ2n) is 10.4. The van der Waals surface area contributed by atoms with Crippen LogP contribution >= 0.6 is 0 Å². The first-order chi connectivity index (χ1) is 14.4. The molecule has 2 heterocycles. The van der Waals surface area contributed by atoms with Crippen molar-refractivity contribution in [3.8, 4) is 0 Å². The van der Waals surface area contributed by atoms with Crippen LogP contribution in [0.25, 0.3) is 11.0 Å². The lowest BCUT2D eigenvalue weighted by Crippen LogP contribution is -2.63. The smallest absolute Gasteiger partial charge is 0.408 e. The van der Waals surface area contributed by atoms with Crippen LogP contribution in [0.2, 0.25) is 25.7 Å². The van der Waals surface area contributed by atoms with Crippen molar-refractivity contribution in [1.29, 1.82) is 0 Å². The number of piperazine rings is 1. The molecule has 1 aromatic carbocycles. The van der Waals surface area contributed by atoms with Gasteiger partial charge in [-0.1, -0.05) is 46.5 Å². The SMILES string of the molecule is CC(C)(C)C1C(=O)N(c2cccc3c2ncn3COCC[Si](C)(C)C)CCN1C(=O)O. The number of imidazole rings is 1. The van der Waals surface area contributed by atoms with E-state index in [1.807, 2.05) is 43.5 Å². The van der Waals surface area contributed by atoms with Crippen LogP contribution in [-0.2, 0) is 16.3 Å². The van der Waals surface area contributed by atoms with E-state index in [1.165, 1.54) is 4.90 Å². The molecule has 9 heteroatoms. The molecular weight excluding hydrogens is 412 g/mol. The van der Waals surface area contributed by atoms with Crippen molar-refractivity contribution in [1.82, 2.24) is 14.5 Å². The molecule has 0 bridgehead atoms. The quantitative estimate of drug-likeness (QED) is 0.533. The second-order valence-corrected chi connectivity index (χ2v) is 16.1. The van der Waals surface area contributed by atoms with Gasteiger partial charge >= 0.3 is 6.09 Å². The van der Waals surface area contributed by atoms with E-state index >= 15 is 0 Å². The summed E-state index contributed by atoms with van der Waals surface area (Å²) in [6.07, 6.45) is 0.674. The molecule has 31 heavy (non-hydrogen) atoms. The zero-order valence-corrected chi connectivity index (χ0v) is 20.4. The number of anilines is 1. The third-order valence-electron chi connectivity index (χ3n) is 5.59. The minimum atomic E-state index is -1.15. The Kier molecular flexibility index (Phi) is 6.47. The Morgan fingerprint density at radius 1 is 1.26 bits per heavy atom.